The molecule has 7 rings (SSSR count). The van der Waals surface area contributed by atoms with Gasteiger partial charge in [-0.3, -0.25) is 0 Å². The van der Waals surface area contributed by atoms with Crippen LogP contribution in [0.4, 0.5) is 5.69 Å². The van der Waals surface area contributed by atoms with Gasteiger partial charge in [0, 0.05) is 35.4 Å². The molecule has 0 bridgehead atoms. The Labute approximate surface area is 226 Å². The summed E-state index contributed by atoms with van der Waals surface area (Å²) in [6.45, 7) is 2.28. The molecule has 3 heterocycles. The molecule has 0 atom stereocenters. The summed E-state index contributed by atoms with van der Waals surface area (Å²) in [5.41, 5.74) is 8.16. The molecule has 0 unspecified atom stereocenters. The van der Waals surface area contributed by atoms with E-state index in [0.717, 1.165) is 35.1 Å². The second kappa shape index (κ2) is 9.66. The molecule has 0 spiro atoms. The lowest BCUT2D eigenvalue weighted by atomic mass is 10.0. The summed E-state index contributed by atoms with van der Waals surface area (Å²) in [7, 11) is 1.71. The first-order valence-electron chi connectivity index (χ1n) is 13.3. The van der Waals surface area contributed by atoms with E-state index in [9.17, 15) is 0 Å². The molecule has 5 heteroatoms. The van der Waals surface area contributed by atoms with Gasteiger partial charge in [-0.1, -0.05) is 42.5 Å². The molecule has 0 N–H and O–H groups in total. The molecule has 0 amide bonds. The Morgan fingerprint density at radius 3 is 2.21 bits per heavy atom. The van der Waals surface area contributed by atoms with Gasteiger partial charge in [0.1, 0.15) is 10.8 Å². The number of benzene rings is 4. The van der Waals surface area contributed by atoms with E-state index in [4.69, 9.17) is 9.72 Å². The van der Waals surface area contributed by atoms with Crippen LogP contribution in [0.3, 0.4) is 0 Å². The van der Waals surface area contributed by atoms with E-state index < -0.39 is 0 Å². The highest BCUT2D eigenvalue weighted by Gasteiger charge is 2.24. The van der Waals surface area contributed by atoms with E-state index in [1.807, 2.05) is 12.1 Å². The quantitative estimate of drug-likeness (QED) is 0.230. The largest absolute Gasteiger partial charge is 0.497 e. The molecule has 38 heavy (non-hydrogen) atoms. The fourth-order valence-electron chi connectivity index (χ4n) is 5.69. The van der Waals surface area contributed by atoms with E-state index in [-0.39, 0.29) is 0 Å². The molecule has 1 fully saturated rings. The maximum absolute atomic E-state index is 5.46. The van der Waals surface area contributed by atoms with Crippen LogP contribution in [0, 0.1) is 0 Å². The summed E-state index contributed by atoms with van der Waals surface area (Å²) in [5.74, 6) is 0.851. The maximum atomic E-state index is 5.46. The van der Waals surface area contributed by atoms with E-state index in [0.29, 0.717) is 0 Å². The number of rotatable bonds is 5. The molecular weight excluding hydrogens is 486 g/mol. The van der Waals surface area contributed by atoms with Crippen molar-refractivity contribution in [2.75, 3.05) is 25.1 Å². The first kappa shape index (κ1) is 23.1. The third-order valence-electron chi connectivity index (χ3n) is 7.58. The topological polar surface area (TPSA) is 30.3 Å². The lowest BCUT2D eigenvalue weighted by molar-refractivity contribution is 0.415. The molecule has 4 nitrogen and oxygen atoms in total. The number of aromatic nitrogens is 2. The van der Waals surface area contributed by atoms with Crippen LogP contribution in [0.1, 0.15) is 19.3 Å². The number of methoxy groups -OCH3 is 1. The standard InChI is InChI=1S/C33H29N3OS/c1-37-26-19-17-25(18-20-26)36-29-11-5-3-9-27(29)31(33-34-28-10-4-6-12-30(28)38-33)32(36)23-13-15-24(16-14-23)35-21-7-2-8-22-35/h3-6,9-20H,2,7-8,21-22H2,1H3. The van der Waals surface area contributed by atoms with Crippen molar-refractivity contribution in [2.45, 2.75) is 19.3 Å². The lowest BCUT2D eigenvalue weighted by Crippen LogP contribution is -2.29. The minimum absolute atomic E-state index is 0.851. The van der Waals surface area contributed by atoms with E-state index in [2.05, 4.69) is 94.4 Å². The highest BCUT2D eigenvalue weighted by Crippen LogP contribution is 2.45. The zero-order chi connectivity index (χ0) is 25.5. The van der Waals surface area contributed by atoms with Crippen LogP contribution in [-0.2, 0) is 0 Å². The second-order valence-corrected chi connectivity index (χ2v) is 10.9. The molecule has 0 aliphatic carbocycles. The summed E-state index contributed by atoms with van der Waals surface area (Å²) < 4.78 is 9.05. The molecule has 188 valence electrons. The third-order valence-corrected chi connectivity index (χ3v) is 8.63. The molecule has 4 aromatic carbocycles. The number of fused-ring (bicyclic) bond motifs is 2. The van der Waals surface area contributed by atoms with Gasteiger partial charge in [-0.25, -0.2) is 4.98 Å². The smallest absolute Gasteiger partial charge is 0.127 e. The van der Waals surface area contributed by atoms with Crippen LogP contribution >= 0.6 is 11.3 Å². The van der Waals surface area contributed by atoms with Gasteiger partial charge in [0.05, 0.1) is 28.5 Å². The molecule has 0 saturated carbocycles. The number of hydrogen-bond donors (Lipinski definition) is 0. The number of nitrogens with zero attached hydrogens (tertiary/aromatic N) is 3. The number of thiazole rings is 1. The van der Waals surface area contributed by atoms with Crippen LogP contribution in [0.5, 0.6) is 5.75 Å². The molecule has 6 aromatic rings. The Morgan fingerprint density at radius 2 is 1.45 bits per heavy atom. The van der Waals surface area contributed by atoms with Crippen molar-refractivity contribution in [2.24, 2.45) is 0 Å². The minimum Gasteiger partial charge on any atom is -0.497 e. The van der Waals surface area contributed by atoms with Crippen molar-refractivity contribution in [3.63, 3.8) is 0 Å². The summed E-state index contributed by atoms with van der Waals surface area (Å²) in [5, 5.41) is 2.25. The second-order valence-electron chi connectivity index (χ2n) is 9.86. The fourth-order valence-corrected chi connectivity index (χ4v) is 6.72. The average Bonchev–Trinajstić information content (AvgIpc) is 3.57. The molecule has 1 saturated heterocycles. The number of ether oxygens (including phenoxy) is 1. The van der Waals surface area contributed by atoms with Gasteiger partial charge in [-0.2, -0.15) is 0 Å². The van der Waals surface area contributed by atoms with E-state index in [1.165, 1.54) is 57.4 Å². The van der Waals surface area contributed by atoms with Crippen LogP contribution in [-0.4, -0.2) is 29.8 Å². The van der Waals surface area contributed by atoms with Gasteiger partial charge in [0.25, 0.3) is 0 Å². The van der Waals surface area contributed by atoms with E-state index >= 15 is 0 Å². The molecular formula is C33H29N3OS. The van der Waals surface area contributed by atoms with Gasteiger partial charge in [0.2, 0.25) is 0 Å². The van der Waals surface area contributed by atoms with Crippen molar-refractivity contribution in [1.82, 2.24) is 9.55 Å². The van der Waals surface area contributed by atoms with Gasteiger partial charge in [0.15, 0.2) is 0 Å². The van der Waals surface area contributed by atoms with Crippen molar-refractivity contribution >= 4 is 38.1 Å². The zero-order valence-electron chi connectivity index (χ0n) is 21.4. The summed E-state index contributed by atoms with van der Waals surface area (Å²) in [6, 6.07) is 34.6. The molecule has 2 aromatic heterocycles. The van der Waals surface area contributed by atoms with Crippen molar-refractivity contribution in [1.29, 1.82) is 0 Å². The average molecular weight is 516 g/mol. The van der Waals surface area contributed by atoms with Crippen LogP contribution in [0.2, 0.25) is 0 Å². The predicted molar refractivity (Wildman–Crippen MR) is 160 cm³/mol. The van der Waals surface area contributed by atoms with Gasteiger partial charge in [-0.05, 0) is 79.4 Å². The summed E-state index contributed by atoms with van der Waals surface area (Å²) in [4.78, 5) is 7.64. The van der Waals surface area contributed by atoms with Crippen molar-refractivity contribution in [3.05, 3.63) is 97.1 Å². The molecule has 0 radical (unpaired) electrons. The normalized spacial score (nSPS) is 13.9. The highest BCUT2D eigenvalue weighted by atomic mass is 32.1. The molecule has 1 aliphatic rings. The van der Waals surface area contributed by atoms with Crippen molar-refractivity contribution < 1.29 is 4.74 Å². The number of hydrogen-bond acceptors (Lipinski definition) is 4. The Hall–Kier alpha value is -4.09. The highest BCUT2D eigenvalue weighted by molar-refractivity contribution is 7.21. The SMILES string of the molecule is COc1ccc(-n2c(-c3ccc(N4CCCCC4)cc3)c(-c3nc4ccccc4s3)c3ccccc32)cc1. The Bertz CT molecular complexity index is 1690. The lowest BCUT2D eigenvalue weighted by Gasteiger charge is -2.29. The van der Waals surface area contributed by atoms with Crippen LogP contribution in [0.15, 0.2) is 97.1 Å². The Kier molecular flexibility index (Phi) is 5.86. The van der Waals surface area contributed by atoms with Crippen LogP contribution < -0.4 is 9.64 Å². The van der Waals surface area contributed by atoms with Gasteiger partial charge >= 0.3 is 0 Å². The summed E-state index contributed by atoms with van der Waals surface area (Å²) in [6.07, 6.45) is 3.88. The maximum Gasteiger partial charge on any atom is 0.127 e. The zero-order valence-corrected chi connectivity index (χ0v) is 22.2. The monoisotopic (exact) mass is 515 g/mol. The fraction of sp³-hybridized carbons (Fsp3) is 0.182. The first-order chi connectivity index (χ1) is 18.8. The molecule has 1 aliphatic heterocycles. The summed E-state index contributed by atoms with van der Waals surface area (Å²) >= 11 is 1.76. The van der Waals surface area contributed by atoms with Crippen molar-refractivity contribution in [3.8, 4) is 33.3 Å². The Morgan fingerprint density at radius 1 is 0.737 bits per heavy atom. The third kappa shape index (κ3) is 3.95. The minimum atomic E-state index is 0.851. The Balaban J connectivity index is 1.48. The first-order valence-corrected chi connectivity index (χ1v) is 14.1. The van der Waals surface area contributed by atoms with Gasteiger partial charge in [-0.15, -0.1) is 11.3 Å². The predicted octanol–water partition coefficient (Wildman–Crippen LogP) is 8.57. The van der Waals surface area contributed by atoms with E-state index in [1.54, 1.807) is 18.4 Å². The number of anilines is 1. The number of para-hydroxylation sites is 2. The number of piperidine rings is 1. The van der Waals surface area contributed by atoms with Crippen LogP contribution in [0.25, 0.3) is 48.6 Å². The van der Waals surface area contributed by atoms with Gasteiger partial charge < -0.3 is 14.2 Å².